The Balaban J connectivity index is 1.16. The Bertz CT molecular complexity index is 1150. The molecule has 5 rings (SSSR count). The second-order valence-electron chi connectivity index (χ2n) is 9.69. The van der Waals surface area contributed by atoms with Crippen LogP contribution < -0.4 is 9.64 Å². The molecule has 2 aromatic rings. The van der Waals surface area contributed by atoms with Crippen molar-refractivity contribution in [3.05, 3.63) is 48.0 Å². The molecule has 2 atom stereocenters. The minimum atomic E-state index is -2.90. The molecular weight excluding hydrogens is 458 g/mol. The number of rotatable bonds is 7. The average molecular weight is 485 g/mol. The molecule has 1 saturated heterocycles. The van der Waals surface area contributed by atoms with E-state index >= 15 is 0 Å². The molecule has 3 aliphatic rings. The smallest absolute Gasteiger partial charge is 0.268 e. The highest BCUT2D eigenvalue weighted by molar-refractivity contribution is 6.00. The first-order valence-electron chi connectivity index (χ1n) is 11.7. The number of nitrogens with zero attached hydrogens (tertiary/aromatic N) is 4. The number of Topliss-reactive ketones (excluding diaryl/α,β-unsaturated/α-hetero) is 1. The van der Waals surface area contributed by atoms with Gasteiger partial charge in [0, 0.05) is 50.9 Å². The van der Waals surface area contributed by atoms with Crippen molar-refractivity contribution in [3.63, 3.8) is 0 Å². The first-order chi connectivity index (χ1) is 16.6. The van der Waals surface area contributed by atoms with Crippen LogP contribution in [0.5, 0.6) is 5.75 Å². The predicted octanol–water partition coefficient (Wildman–Crippen LogP) is 3.08. The Kier molecular flexibility index (Phi) is 5.77. The molecule has 0 N–H and O–H groups in total. The van der Waals surface area contributed by atoms with Crippen LogP contribution in [0.4, 0.5) is 14.5 Å². The van der Waals surface area contributed by atoms with Gasteiger partial charge in [0.15, 0.2) is 11.9 Å². The zero-order valence-electron chi connectivity index (χ0n) is 19.5. The number of ketones is 1. The summed E-state index contributed by atoms with van der Waals surface area (Å²) >= 11 is 0. The minimum absolute atomic E-state index is 0.0122. The van der Waals surface area contributed by atoms with E-state index in [4.69, 9.17) is 4.74 Å². The maximum atomic E-state index is 13.1. The molecular formula is C25H26F2N4O4. The molecule has 2 saturated carbocycles. The molecule has 1 aromatic carbocycles. The van der Waals surface area contributed by atoms with Crippen molar-refractivity contribution in [1.29, 1.82) is 0 Å². The maximum Gasteiger partial charge on any atom is 0.268 e. The van der Waals surface area contributed by atoms with Gasteiger partial charge in [0.25, 0.3) is 11.8 Å². The van der Waals surface area contributed by atoms with Crippen LogP contribution in [0.15, 0.2) is 36.7 Å². The van der Waals surface area contributed by atoms with Crippen molar-refractivity contribution in [3.8, 4) is 5.75 Å². The second-order valence-corrected chi connectivity index (χ2v) is 9.69. The molecule has 0 radical (unpaired) electrons. The van der Waals surface area contributed by atoms with E-state index in [-0.39, 0.29) is 29.2 Å². The first-order valence-corrected chi connectivity index (χ1v) is 11.7. The fraction of sp³-hybridized carbons (Fsp3) is 0.480. The molecule has 1 aromatic heterocycles. The van der Waals surface area contributed by atoms with E-state index in [1.165, 1.54) is 24.3 Å². The molecule has 3 fully saturated rings. The van der Waals surface area contributed by atoms with Crippen molar-refractivity contribution in [2.75, 3.05) is 25.5 Å². The highest BCUT2D eigenvalue weighted by atomic mass is 19.3. The van der Waals surface area contributed by atoms with Crippen LogP contribution in [0.25, 0.3) is 0 Å². The number of benzene rings is 1. The monoisotopic (exact) mass is 484 g/mol. The van der Waals surface area contributed by atoms with Crippen LogP contribution in [-0.4, -0.2) is 65.1 Å². The largest absolute Gasteiger partial charge is 0.481 e. The average Bonchev–Trinajstić information content (AvgIpc) is 3.30. The third kappa shape index (κ3) is 4.49. The van der Waals surface area contributed by atoms with Gasteiger partial charge in [-0.1, -0.05) is 0 Å². The van der Waals surface area contributed by atoms with Gasteiger partial charge in [0.2, 0.25) is 5.91 Å². The topological polar surface area (TPSA) is 92.7 Å². The van der Waals surface area contributed by atoms with Crippen LogP contribution in [0.1, 0.15) is 47.8 Å². The van der Waals surface area contributed by atoms with Gasteiger partial charge in [-0.05, 0) is 37.1 Å². The van der Waals surface area contributed by atoms with E-state index in [0.717, 1.165) is 12.8 Å². The number of carbonyl (C=O) groups excluding carboxylic acids is 3. The standard InChI is InChI=1S/C25H26F2N4O4/c1-30(2)23(33)16-9-15(10-16)22-28-12-17(13-29-22)31-8-7-20(24(31)34)35-18-5-3-14(4-6-18)21(32)19-11-25(19,26)27/h3-6,12-13,15-16,19-20H,7-11H2,1-2H3/t15?,16?,19?,20-/m1/s1. The zero-order chi connectivity index (χ0) is 24.9. The van der Waals surface area contributed by atoms with Gasteiger partial charge >= 0.3 is 0 Å². The Labute approximate surface area is 201 Å². The van der Waals surface area contributed by atoms with Crippen molar-refractivity contribution >= 4 is 23.3 Å². The summed E-state index contributed by atoms with van der Waals surface area (Å²) in [7, 11) is 3.50. The number of halogens is 2. The Morgan fingerprint density at radius 3 is 2.31 bits per heavy atom. The Hall–Kier alpha value is -3.43. The van der Waals surface area contributed by atoms with Gasteiger partial charge in [-0.15, -0.1) is 0 Å². The highest BCUT2D eigenvalue weighted by Gasteiger charge is 2.61. The number of ether oxygens (including phenoxy) is 1. The summed E-state index contributed by atoms with van der Waals surface area (Å²) in [5.41, 5.74) is 0.788. The summed E-state index contributed by atoms with van der Waals surface area (Å²) in [5.74, 6) is -3.59. The summed E-state index contributed by atoms with van der Waals surface area (Å²) in [6, 6.07) is 5.95. The van der Waals surface area contributed by atoms with Gasteiger partial charge in [0.05, 0.1) is 24.0 Å². The van der Waals surface area contributed by atoms with Crippen LogP contribution in [-0.2, 0) is 9.59 Å². The molecule has 184 valence electrons. The van der Waals surface area contributed by atoms with E-state index in [2.05, 4.69) is 9.97 Å². The zero-order valence-corrected chi connectivity index (χ0v) is 19.5. The fourth-order valence-electron chi connectivity index (χ4n) is 4.66. The highest BCUT2D eigenvalue weighted by Crippen LogP contribution is 2.50. The predicted molar refractivity (Wildman–Crippen MR) is 121 cm³/mol. The van der Waals surface area contributed by atoms with E-state index in [1.807, 2.05) is 0 Å². The van der Waals surface area contributed by atoms with Crippen LogP contribution >= 0.6 is 0 Å². The number of hydrogen-bond acceptors (Lipinski definition) is 6. The van der Waals surface area contributed by atoms with Gasteiger partial charge in [0.1, 0.15) is 11.6 Å². The van der Waals surface area contributed by atoms with Crippen molar-refractivity contribution in [2.24, 2.45) is 11.8 Å². The molecule has 10 heteroatoms. The maximum absolute atomic E-state index is 13.1. The quantitative estimate of drug-likeness (QED) is 0.561. The fourth-order valence-corrected chi connectivity index (χ4v) is 4.66. The Morgan fingerprint density at radius 1 is 1.11 bits per heavy atom. The van der Waals surface area contributed by atoms with Crippen LogP contribution in [0.2, 0.25) is 0 Å². The lowest BCUT2D eigenvalue weighted by molar-refractivity contribution is -0.136. The van der Waals surface area contributed by atoms with Gasteiger partial charge in [-0.3, -0.25) is 14.4 Å². The lowest BCUT2D eigenvalue weighted by atomic mass is 9.73. The minimum Gasteiger partial charge on any atom is -0.481 e. The second kappa shape index (κ2) is 8.66. The molecule has 1 unspecified atom stereocenters. The van der Waals surface area contributed by atoms with Crippen molar-refractivity contribution in [2.45, 2.75) is 43.6 Å². The molecule has 2 aliphatic carbocycles. The summed E-state index contributed by atoms with van der Waals surface area (Å²) in [4.78, 5) is 49.0. The van der Waals surface area contributed by atoms with E-state index in [9.17, 15) is 23.2 Å². The molecule has 2 amide bonds. The summed E-state index contributed by atoms with van der Waals surface area (Å²) in [6.45, 7) is 0.447. The van der Waals surface area contributed by atoms with E-state index in [0.29, 0.717) is 30.2 Å². The summed E-state index contributed by atoms with van der Waals surface area (Å²) < 4.78 is 32.1. The molecule has 35 heavy (non-hydrogen) atoms. The number of alkyl halides is 2. The summed E-state index contributed by atoms with van der Waals surface area (Å²) in [5, 5.41) is 0. The Morgan fingerprint density at radius 2 is 1.74 bits per heavy atom. The van der Waals surface area contributed by atoms with Crippen LogP contribution in [0, 0.1) is 11.8 Å². The van der Waals surface area contributed by atoms with E-state index < -0.39 is 30.1 Å². The number of aromatic nitrogens is 2. The van der Waals surface area contributed by atoms with Gasteiger partial charge in [-0.2, -0.15) is 0 Å². The number of carbonyl (C=O) groups is 3. The molecule has 1 aliphatic heterocycles. The first kappa shape index (κ1) is 23.3. The number of anilines is 1. The third-order valence-electron chi connectivity index (χ3n) is 6.98. The van der Waals surface area contributed by atoms with Crippen molar-refractivity contribution < 1.29 is 27.9 Å². The normalized spacial score (nSPS) is 26.7. The van der Waals surface area contributed by atoms with Gasteiger partial charge in [-0.25, -0.2) is 18.7 Å². The SMILES string of the molecule is CN(C)C(=O)C1CC(c2ncc(N3CC[C@@H](Oc4ccc(C(=O)C5CC5(F)F)cc4)C3=O)cn2)C1. The molecule has 0 spiro atoms. The van der Waals surface area contributed by atoms with Crippen molar-refractivity contribution in [1.82, 2.24) is 14.9 Å². The van der Waals surface area contributed by atoms with E-state index in [1.54, 1.807) is 36.3 Å². The molecule has 2 heterocycles. The molecule has 8 nitrogen and oxygen atoms in total. The third-order valence-corrected chi connectivity index (χ3v) is 6.98. The van der Waals surface area contributed by atoms with Gasteiger partial charge < -0.3 is 14.5 Å². The number of amides is 2. The summed E-state index contributed by atoms with van der Waals surface area (Å²) in [6.07, 6.45) is 4.05. The van der Waals surface area contributed by atoms with Crippen LogP contribution in [0.3, 0.4) is 0 Å². The lowest BCUT2D eigenvalue weighted by Gasteiger charge is -2.34. The molecule has 0 bridgehead atoms. The lowest BCUT2D eigenvalue weighted by Crippen LogP contribution is -2.37. The number of hydrogen-bond donors (Lipinski definition) is 0.